The van der Waals surface area contributed by atoms with E-state index < -0.39 is 0 Å². The van der Waals surface area contributed by atoms with Gasteiger partial charge in [0.15, 0.2) is 0 Å². The summed E-state index contributed by atoms with van der Waals surface area (Å²) in [7, 11) is 0. The number of hydrogen-bond acceptors (Lipinski definition) is 0. The third-order valence-corrected chi connectivity index (χ3v) is 4.50. The van der Waals surface area contributed by atoms with E-state index >= 15 is 0 Å². The summed E-state index contributed by atoms with van der Waals surface area (Å²) in [6.07, 6.45) is 10.7. The molecule has 0 radical (unpaired) electrons. The van der Waals surface area contributed by atoms with Gasteiger partial charge in [0.25, 0.3) is 0 Å². The van der Waals surface area contributed by atoms with Crippen molar-refractivity contribution in [2.45, 2.75) is 58.8 Å². The molecule has 0 aliphatic heterocycles. The Morgan fingerprint density at radius 1 is 0.846 bits per heavy atom. The zero-order valence-corrected chi connectivity index (χ0v) is 9.26. The molecule has 2 rings (SSSR count). The summed E-state index contributed by atoms with van der Waals surface area (Å²) in [6.45, 7) is 4.93. The Hall–Kier alpha value is 0. The van der Waals surface area contributed by atoms with Crippen molar-refractivity contribution in [1.82, 2.24) is 0 Å². The molecule has 0 heteroatoms. The van der Waals surface area contributed by atoms with E-state index in [9.17, 15) is 0 Å². The summed E-state index contributed by atoms with van der Waals surface area (Å²) in [5.74, 6) is 4.24. The van der Waals surface area contributed by atoms with E-state index in [0.29, 0.717) is 0 Å². The van der Waals surface area contributed by atoms with Crippen LogP contribution in [-0.4, -0.2) is 0 Å². The molecule has 76 valence electrons. The highest BCUT2D eigenvalue weighted by molar-refractivity contribution is 4.83. The Morgan fingerprint density at radius 2 is 1.54 bits per heavy atom. The first-order valence-corrected chi connectivity index (χ1v) is 6.27. The second kappa shape index (κ2) is 4.02. The summed E-state index contributed by atoms with van der Waals surface area (Å²) in [6, 6.07) is 0. The van der Waals surface area contributed by atoms with Crippen molar-refractivity contribution in [2.24, 2.45) is 23.7 Å². The maximum absolute atomic E-state index is 2.50. The molecule has 0 spiro atoms. The summed E-state index contributed by atoms with van der Waals surface area (Å²) in [5.41, 5.74) is 0. The van der Waals surface area contributed by atoms with Crippen LogP contribution in [-0.2, 0) is 0 Å². The molecule has 3 atom stereocenters. The summed E-state index contributed by atoms with van der Waals surface area (Å²) in [4.78, 5) is 0. The van der Waals surface area contributed by atoms with Gasteiger partial charge in [-0.3, -0.25) is 0 Å². The van der Waals surface area contributed by atoms with Gasteiger partial charge < -0.3 is 0 Å². The van der Waals surface area contributed by atoms with Crippen LogP contribution >= 0.6 is 0 Å². The Morgan fingerprint density at radius 3 is 2.15 bits per heavy atom. The average Bonchev–Trinajstić information content (AvgIpc) is 2.56. The van der Waals surface area contributed by atoms with Crippen molar-refractivity contribution in [1.29, 1.82) is 0 Å². The highest BCUT2D eigenvalue weighted by Crippen LogP contribution is 2.43. The average molecular weight is 180 g/mol. The first-order valence-electron chi connectivity index (χ1n) is 6.27. The third-order valence-electron chi connectivity index (χ3n) is 4.50. The topological polar surface area (TPSA) is 0 Å². The van der Waals surface area contributed by atoms with Gasteiger partial charge in [0.2, 0.25) is 0 Å². The smallest absolute Gasteiger partial charge is 0.0360 e. The molecular weight excluding hydrogens is 156 g/mol. The van der Waals surface area contributed by atoms with Gasteiger partial charge in [-0.25, -0.2) is 0 Å². The molecule has 2 fully saturated rings. The van der Waals surface area contributed by atoms with Crippen LogP contribution < -0.4 is 0 Å². The van der Waals surface area contributed by atoms with Crippen molar-refractivity contribution in [3.05, 3.63) is 0 Å². The van der Waals surface area contributed by atoms with E-state index in [4.69, 9.17) is 0 Å². The lowest BCUT2D eigenvalue weighted by Crippen LogP contribution is -2.26. The Bertz CT molecular complexity index is 155. The zero-order valence-electron chi connectivity index (χ0n) is 9.26. The van der Waals surface area contributed by atoms with Crippen LogP contribution in [0.3, 0.4) is 0 Å². The minimum atomic E-state index is 1.01. The quantitative estimate of drug-likeness (QED) is 0.566. The molecule has 2 aliphatic rings. The van der Waals surface area contributed by atoms with Gasteiger partial charge in [0.1, 0.15) is 0 Å². The molecule has 13 heavy (non-hydrogen) atoms. The molecule has 2 saturated carbocycles. The monoisotopic (exact) mass is 180 g/mol. The molecule has 0 bridgehead atoms. The molecular formula is C13H24. The van der Waals surface area contributed by atoms with Crippen molar-refractivity contribution >= 4 is 0 Å². The highest BCUT2D eigenvalue weighted by atomic mass is 14.4. The molecule has 0 saturated heterocycles. The molecule has 0 heterocycles. The molecule has 2 unspecified atom stereocenters. The van der Waals surface area contributed by atoms with Crippen LogP contribution in [0, 0.1) is 23.7 Å². The molecule has 0 nitrogen and oxygen atoms in total. The number of rotatable bonds is 1. The Kier molecular flexibility index (Phi) is 2.96. The lowest BCUT2D eigenvalue weighted by Gasteiger charge is -2.36. The summed E-state index contributed by atoms with van der Waals surface area (Å²) >= 11 is 0. The lowest BCUT2D eigenvalue weighted by molar-refractivity contribution is 0.143. The highest BCUT2D eigenvalue weighted by Gasteiger charge is 2.32. The van der Waals surface area contributed by atoms with Crippen molar-refractivity contribution in [3.8, 4) is 0 Å². The standard InChI is InChI=1S/C13H24/c1-10-7-8-13(11(2)9-10)12-5-3-4-6-12/h10-13H,3-9H2,1-2H3/t10?,11-,13?/m1/s1. The van der Waals surface area contributed by atoms with E-state index in [1.807, 2.05) is 0 Å². The van der Waals surface area contributed by atoms with Gasteiger partial charge in [-0.05, 0) is 36.5 Å². The first-order chi connectivity index (χ1) is 6.27. The SMILES string of the molecule is CC1CCC(C2CCCC2)[C@H](C)C1. The normalized spacial score (nSPS) is 42.5. The second-order valence-electron chi connectivity index (χ2n) is 5.60. The Labute approximate surface area is 83.1 Å². The fraction of sp³-hybridized carbons (Fsp3) is 1.00. The van der Waals surface area contributed by atoms with E-state index in [2.05, 4.69) is 13.8 Å². The zero-order chi connectivity index (χ0) is 9.26. The minimum absolute atomic E-state index is 1.01. The first kappa shape index (κ1) is 9.55. The maximum atomic E-state index is 2.50. The van der Waals surface area contributed by atoms with E-state index in [0.717, 1.165) is 23.7 Å². The lowest BCUT2D eigenvalue weighted by atomic mass is 9.69. The Balaban J connectivity index is 1.91. The molecule has 0 aromatic carbocycles. The van der Waals surface area contributed by atoms with Crippen LogP contribution in [0.15, 0.2) is 0 Å². The van der Waals surface area contributed by atoms with Gasteiger partial charge in [-0.15, -0.1) is 0 Å². The van der Waals surface area contributed by atoms with E-state index in [1.165, 1.54) is 32.1 Å². The largest absolute Gasteiger partial charge is 0.0625 e. The van der Waals surface area contributed by atoms with E-state index in [1.54, 1.807) is 12.8 Å². The van der Waals surface area contributed by atoms with Gasteiger partial charge in [-0.1, -0.05) is 46.0 Å². The van der Waals surface area contributed by atoms with Gasteiger partial charge in [-0.2, -0.15) is 0 Å². The molecule has 0 amide bonds. The van der Waals surface area contributed by atoms with Crippen molar-refractivity contribution in [3.63, 3.8) is 0 Å². The van der Waals surface area contributed by atoms with Crippen LogP contribution in [0.1, 0.15) is 58.8 Å². The minimum Gasteiger partial charge on any atom is -0.0625 e. The predicted molar refractivity (Wildman–Crippen MR) is 57.6 cm³/mol. The maximum Gasteiger partial charge on any atom is -0.0360 e. The molecule has 0 N–H and O–H groups in total. The predicted octanol–water partition coefficient (Wildman–Crippen LogP) is 4.25. The van der Waals surface area contributed by atoms with Gasteiger partial charge in [0.05, 0.1) is 0 Å². The molecule has 0 aromatic heterocycles. The van der Waals surface area contributed by atoms with Gasteiger partial charge >= 0.3 is 0 Å². The molecule has 0 aromatic rings. The van der Waals surface area contributed by atoms with E-state index in [-0.39, 0.29) is 0 Å². The van der Waals surface area contributed by atoms with Crippen LogP contribution in [0.25, 0.3) is 0 Å². The fourth-order valence-electron chi connectivity index (χ4n) is 3.77. The van der Waals surface area contributed by atoms with Crippen LogP contribution in [0.2, 0.25) is 0 Å². The van der Waals surface area contributed by atoms with Crippen molar-refractivity contribution < 1.29 is 0 Å². The second-order valence-corrected chi connectivity index (χ2v) is 5.60. The number of hydrogen-bond donors (Lipinski definition) is 0. The molecule has 2 aliphatic carbocycles. The summed E-state index contributed by atoms with van der Waals surface area (Å²) < 4.78 is 0. The van der Waals surface area contributed by atoms with Gasteiger partial charge in [0, 0.05) is 0 Å². The third kappa shape index (κ3) is 2.08. The van der Waals surface area contributed by atoms with Crippen LogP contribution in [0.4, 0.5) is 0 Å². The van der Waals surface area contributed by atoms with Crippen LogP contribution in [0.5, 0.6) is 0 Å². The fourth-order valence-corrected chi connectivity index (χ4v) is 3.77. The summed E-state index contributed by atoms with van der Waals surface area (Å²) in [5, 5.41) is 0. The van der Waals surface area contributed by atoms with Crippen molar-refractivity contribution in [2.75, 3.05) is 0 Å².